The monoisotopic (exact) mass is 657 g/mol. The topological polar surface area (TPSA) is 67.4 Å². The lowest BCUT2D eigenvalue weighted by Crippen LogP contribution is -2.26. The van der Waals surface area contributed by atoms with Crippen LogP contribution in [-0.2, 0) is 0 Å². The fourth-order valence-electron chi connectivity index (χ4n) is 6.21. The van der Waals surface area contributed by atoms with Crippen molar-refractivity contribution in [1.29, 1.82) is 0 Å². The maximum Gasteiger partial charge on any atom is 0.255 e. The zero-order chi connectivity index (χ0) is 34.0. The van der Waals surface area contributed by atoms with Gasteiger partial charge in [0.2, 0.25) is 0 Å². The molecule has 5 nitrogen and oxygen atoms in total. The van der Waals surface area contributed by atoms with Crippen molar-refractivity contribution < 1.29 is 14.3 Å². The summed E-state index contributed by atoms with van der Waals surface area (Å²) in [7, 11) is 0. The second kappa shape index (κ2) is 32.5. The lowest BCUT2D eigenvalue weighted by molar-refractivity contribution is 0.0937. The Bertz CT molecular complexity index is 871. The van der Waals surface area contributed by atoms with E-state index in [-0.39, 0.29) is 11.8 Å². The second-order valence-corrected chi connectivity index (χ2v) is 13.9. The van der Waals surface area contributed by atoms with Crippen molar-refractivity contribution in [2.75, 3.05) is 19.7 Å². The molecule has 5 heteroatoms. The lowest BCUT2D eigenvalue weighted by atomic mass is 10.0. The van der Waals surface area contributed by atoms with Crippen LogP contribution >= 0.6 is 0 Å². The van der Waals surface area contributed by atoms with Crippen LogP contribution in [-0.4, -0.2) is 31.5 Å². The van der Waals surface area contributed by atoms with Gasteiger partial charge in [-0.3, -0.25) is 9.59 Å². The second-order valence-electron chi connectivity index (χ2n) is 13.9. The van der Waals surface area contributed by atoms with Gasteiger partial charge in [0.05, 0.1) is 12.2 Å². The van der Waals surface area contributed by atoms with Crippen molar-refractivity contribution in [2.24, 2.45) is 0 Å². The number of carbonyl (C=O) groups excluding carboxylic acids is 2. The number of hydrogen-bond acceptors (Lipinski definition) is 3. The average Bonchev–Trinajstić information content (AvgIpc) is 3.08. The molecule has 47 heavy (non-hydrogen) atoms. The molecule has 1 aromatic rings. The fraction of sp³-hybridized carbons (Fsp3) is 0.810. The first-order valence-electron chi connectivity index (χ1n) is 20.5. The van der Waals surface area contributed by atoms with E-state index in [2.05, 4.69) is 31.4 Å². The van der Waals surface area contributed by atoms with Crippen LogP contribution < -0.4 is 15.4 Å². The third-order valence-corrected chi connectivity index (χ3v) is 9.38. The van der Waals surface area contributed by atoms with Crippen LogP contribution in [0.1, 0.15) is 221 Å². The summed E-state index contributed by atoms with van der Waals surface area (Å²) >= 11 is 0. The van der Waals surface area contributed by atoms with Crippen molar-refractivity contribution in [3.8, 4) is 5.75 Å². The lowest BCUT2D eigenvalue weighted by Gasteiger charge is -2.14. The molecule has 0 fully saturated rings. The summed E-state index contributed by atoms with van der Waals surface area (Å²) in [6.45, 7) is 8.66. The van der Waals surface area contributed by atoms with Crippen LogP contribution in [0.5, 0.6) is 5.75 Å². The van der Waals surface area contributed by atoms with Crippen molar-refractivity contribution in [1.82, 2.24) is 10.6 Å². The van der Waals surface area contributed by atoms with Crippen LogP contribution in [0.15, 0.2) is 18.2 Å². The SMILES string of the molecule is CCCCCCCCCCCCCCCCCCOc1cc(C(=O)NCCCCCCCC)ccc1C(=O)NCCCCCCCC. The van der Waals surface area contributed by atoms with Gasteiger partial charge in [-0.15, -0.1) is 0 Å². The molecule has 0 unspecified atom stereocenters. The third-order valence-electron chi connectivity index (χ3n) is 9.38. The summed E-state index contributed by atoms with van der Waals surface area (Å²) in [5, 5.41) is 6.14. The molecule has 0 aliphatic carbocycles. The quantitative estimate of drug-likeness (QED) is 0.0725. The molecule has 0 radical (unpaired) electrons. The maximum absolute atomic E-state index is 13.1. The minimum absolute atomic E-state index is 0.0927. The summed E-state index contributed by atoms with van der Waals surface area (Å²) in [4.78, 5) is 26.0. The summed E-state index contributed by atoms with van der Waals surface area (Å²) in [5.74, 6) is 0.322. The summed E-state index contributed by atoms with van der Waals surface area (Å²) < 4.78 is 6.18. The minimum Gasteiger partial charge on any atom is -0.493 e. The van der Waals surface area contributed by atoms with E-state index in [1.165, 1.54) is 141 Å². The Hall–Kier alpha value is -2.04. The van der Waals surface area contributed by atoms with E-state index in [0.717, 1.165) is 38.5 Å². The summed E-state index contributed by atoms with van der Waals surface area (Å²) in [6.07, 6.45) is 35.7. The normalized spacial score (nSPS) is 11.1. The van der Waals surface area contributed by atoms with Gasteiger partial charge in [0.1, 0.15) is 5.75 Å². The Morgan fingerprint density at radius 2 is 0.830 bits per heavy atom. The van der Waals surface area contributed by atoms with Crippen molar-refractivity contribution in [3.05, 3.63) is 29.3 Å². The minimum atomic E-state index is -0.112. The molecule has 1 rings (SSSR count). The summed E-state index contributed by atoms with van der Waals surface area (Å²) in [5.41, 5.74) is 1.09. The zero-order valence-corrected chi connectivity index (χ0v) is 31.4. The molecule has 0 saturated heterocycles. The first-order chi connectivity index (χ1) is 23.1. The molecule has 0 atom stereocenters. The molecule has 0 heterocycles. The van der Waals surface area contributed by atoms with Gasteiger partial charge in [-0.05, 0) is 37.5 Å². The highest BCUT2D eigenvalue weighted by molar-refractivity contribution is 6.00. The van der Waals surface area contributed by atoms with E-state index < -0.39 is 0 Å². The Morgan fingerprint density at radius 1 is 0.468 bits per heavy atom. The third kappa shape index (κ3) is 24.7. The number of amides is 2. The molecule has 0 spiro atoms. The van der Waals surface area contributed by atoms with Gasteiger partial charge >= 0.3 is 0 Å². The molecule has 0 aromatic heterocycles. The van der Waals surface area contributed by atoms with Crippen molar-refractivity contribution in [2.45, 2.75) is 201 Å². The maximum atomic E-state index is 13.1. The number of benzene rings is 1. The van der Waals surface area contributed by atoms with E-state index in [4.69, 9.17) is 4.74 Å². The molecule has 0 bridgehead atoms. The van der Waals surface area contributed by atoms with Gasteiger partial charge in [-0.25, -0.2) is 0 Å². The number of ether oxygens (including phenoxy) is 1. The smallest absolute Gasteiger partial charge is 0.255 e. The molecule has 2 N–H and O–H groups in total. The number of rotatable bonds is 34. The Balaban J connectivity index is 2.40. The number of unbranched alkanes of at least 4 members (excludes halogenated alkanes) is 25. The van der Waals surface area contributed by atoms with Crippen molar-refractivity contribution >= 4 is 11.8 Å². The first-order valence-corrected chi connectivity index (χ1v) is 20.5. The number of hydrogen-bond donors (Lipinski definition) is 2. The van der Waals surface area contributed by atoms with Gasteiger partial charge in [0.25, 0.3) is 11.8 Å². The van der Waals surface area contributed by atoms with Crippen LogP contribution in [0.4, 0.5) is 0 Å². The number of nitrogens with one attached hydrogen (secondary N) is 2. The molecule has 1 aromatic carbocycles. The van der Waals surface area contributed by atoms with Gasteiger partial charge in [-0.1, -0.05) is 181 Å². The predicted octanol–water partition coefficient (Wildman–Crippen LogP) is 12.5. The molecule has 0 aliphatic rings. The van der Waals surface area contributed by atoms with E-state index in [9.17, 15) is 9.59 Å². The summed E-state index contributed by atoms with van der Waals surface area (Å²) in [6, 6.07) is 5.29. The van der Waals surface area contributed by atoms with Crippen LogP contribution in [0, 0.1) is 0 Å². The van der Waals surface area contributed by atoms with Crippen LogP contribution in [0.2, 0.25) is 0 Å². The van der Waals surface area contributed by atoms with Crippen LogP contribution in [0.3, 0.4) is 0 Å². The largest absolute Gasteiger partial charge is 0.493 e. The molecule has 0 saturated carbocycles. The van der Waals surface area contributed by atoms with Gasteiger partial charge in [-0.2, -0.15) is 0 Å². The van der Waals surface area contributed by atoms with E-state index in [0.29, 0.717) is 36.6 Å². The first kappa shape index (κ1) is 43.0. The molecule has 2 amide bonds. The molecule has 272 valence electrons. The van der Waals surface area contributed by atoms with E-state index >= 15 is 0 Å². The Morgan fingerprint density at radius 3 is 1.26 bits per heavy atom. The molecule has 0 aliphatic heterocycles. The van der Waals surface area contributed by atoms with E-state index in [1.54, 1.807) is 18.2 Å². The highest BCUT2D eigenvalue weighted by atomic mass is 16.5. The Kier molecular flexibility index (Phi) is 29.7. The average molecular weight is 657 g/mol. The standard InChI is InChI=1S/C42H76N2O3/c1-4-7-10-13-16-17-18-19-20-21-22-23-24-25-28-31-36-47-40-37-38(41(45)43-34-29-26-14-11-8-5-2)32-33-39(40)42(46)44-35-30-27-15-12-9-6-3/h32-33,37H,4-31,34-36H2,1-3H3,(H,43,45)(H,44,46). The van der Waals surface area contributed by atoms with Gasteiger partial charge < -0.3 is 15.4 Å². The van der Waals surface area contributed by atoms with Crippen molar-refractivity contribution in [3.63, 3.8) is 0 Å². The van der Waals surface area contributed by atoms with Gasteiger partial charge in [0, 0.05) is 18.7 Å². The van der Waals surface area contributed by atoms with Crippen LogP contribution in [0.25, 0.3) is 0 Å². The molecular formula is C42H76N2O3. The molecular weight excluding hydrogens is 580 g/mol. The van der Waals surface area contributed by atoms with Gasteiger partial charge in [0.15, 0.2) is 0 Å². The van der Waals surface area contributed by atoms with E-state index in [1.807, 2.05) is 0 Å². The predicted molar refractivity (Wildman–Crippen MR) is 203 cm³/mol. The zero-order valence-electron chi connectivity index (χ0n) is 31.4. The highest BCUT2D eigenvalue weighted by Crippen LogP contribution is 2.22. The number of carbonyl (C=O) groups is 2. The Labute approximate surface area is 291 Å². The fourth-order valence-corrected chi connectivity index (χ4v) is 6.21. The highest BCUT2D eigenvalue weighted by Gasteiger charge is 2.16.